The second-order valence-electron chi connectivity index (χ2n) is 6.34. The number of halogens is 1. The van der Waals surface area contributed by atoms with Gasteiger partial charge in [-0.1, -0.05) is 30.4 Å². The molecule has 1 aliphatic carbocycles. The topological polar surface area (TPSA) is 51.8 Å². The molecule has 1 heterocycles. The van der Waals surface area contributed by atoms with Gasteiger partial charge >= 0.3 is 0 Å². The van der Waals surface area contributed by atoms with E-state index < -0.39 is 0 Å². The zero-order valence-corrected chi connectivity index (χ0v) is 14.9. The SMILES string of the molecule is C/C=C\C=C1/CC2=NC(N(C)C)=NC2=C(c2ccc(C)cc2F)C1=N. The van der Waals surface area contributed by atoms with Crippen molar-refractivity contribution in [3.8, 4) is 0 Å². The van der Waals surface area contributed by atoms with Crippen molar-refractivity contribution in [3.05, 3.63) is 64.6 Å². The largest absolute Gasteiger partial charge is 0.347 e. The Hall–Kier alpha value is -2.82. The summed E-state index contributed by atoms with van der Waals surface area (Å²) in [7, 11) is 3.74. The molecule has 1 aliphatic heterocycles. The summed E-state index contributed by atoms with van der Waals surface area (Å²) in [5.74, 6) is 0.238. The molecule has 0 radical (unpaired) electrons. The molecule has 25 heavy (non-hydrogen) atoms. The number of aryl methyl sites for hydroxylation is 1. The number of benzene rings is 1. The third kappa shape index (κ3) is 3.09. The first-order chi connectivity index (χ1) is 11.9. The normalized spacial score (nSPS) is 18.8. The van der Waals surface area contributed by atoms with E-state index in [-0.39, 0.29) is 5.82 Å². The van der Waals surface area contributed by atoms with E-state index in [0.717, 1.165) is 16.8 Å². The van der Waals surface area contributed by atoms with Crippen molar-refractivity contribution in [1.82, 2.24) is 4.90 Å². The van der Waals surface area contributed by atoms with Gasteiger partial charge in [0.25, 0.3) is 0 Å². The summed E-state index contributed by atoms with van der Waals surface area (Å²) in [5.41, 5.74) is 4.25. The molecule has 0 saturated carbocycles. The Morgan fingerprint density at radius 2 is 2.00 bits per heavy atom. The minimum atomic E-state index is -0.340. The Kier molecular flexibility index (Phi) is 4.49. The van der Waals surface area contributed by atoms with Crippen LogP contribution in [0, 0.1) is 18.2 Å². The third-order valence-corrected chi connectivity index (χ3v) is 4.17. The molecule has 0 fully saturated rings. The predicted octanol–water partition coefficient (Wildman–Crippen LogP) is 4.14. The fraction of sp³-hybridized carbons (Fsp3) is 0.250. The van der Waals surface area contributed by atoms with Gasteiger partial charge in [-0.05, 0) is 31.1 Å². The zero-order chi connectivity index (χ0) is 18.1. The molecule has 4 nitrogen and oxygen atoms in total. The lowest BCUT2D eigenvalue weighted by Gasteiger charge is -2.21. The van der Waals surface area contributed by atoms with Gasteiger partial charge in [-0.2, -0.15) is 0 Å². The monoisotopic (exact) mass is 336 g/mol. The first-order valence-corrected chi connectivity index (χ1v) is 8.18. The quantitative estimate of drug-likeness (QED) is 0.867. The minimum absolute atomic E-state index is 0.304. The molecule has 5 heteroatoms. The standard InChI is InChI=1S/C20H21FN4/c1-5-6-7-13-11-16-19(24-20(23-16)25(3)4)17(18(13)22)14-9-8-12(2)10-15(14)21/h5-10,22H,11H2,1-4H3/b6-5-,13-7+,22-18?. The number of nitrogens with zero attached hydrogens (tertiary/aromatic N) is 3. The number of allylic oxidation sites excluding steroid dienone is 6. The van der Waals surface area contributed by atoms with Crippen LogP contribution >= 0.6 is 0 Å². The Morgan fingerprint density at radius 3 is 2.64 bits per heavy atom. The molecule has 1 aromatic rings. The highest BCUT2D eigenvalue weighted by Crippen LogP contribution is 2.36. The number of hydrogen-bond donors (Lipinski definition) is 1. The lowest BCUT2D eigenvalue weighted by atomic mass is 9.84. The molecule has 1 N–H and O–H groups in total. The maximum absolute atomic E-state index is 14.6. The molecular weight excluding hydrogens is 315 g/mol. The summed E-state index contributed by atoms with van der Waals surface area (Å²) < 4.78 is 14.6. The van der Waals surface area contributed by atoms with E-state index in [0.29, 0.717) is 34.9 Å². The molecular formula is C20H21FN4. The van der Waals surface area contributed by atoms with E-state index in [1.165, 1.54) is 6.07 Å². The van der Waals surface area contributed by atoms with E-state index in [1.807, 2.05) is 57.1 Å². The minimum Gasteiger partial charge on any atom is -0.347 e. The number of hydrogen-bond acceptors (Lipinski definition) is 4. The van der Waals surface area contributed by atoms with Crippen LogP contribution in [0.4, 0.5) is 4.39 Å². The number of rotatable bonds is 2. The van der Waals surface area contributed by atoms with Crippen LogP contribution in [0.5, 0.6) is 0 Å². The summed E-state index contributed by atoms with van der Waals surface area (Å²) in [4.78, 5) is 11.0. The second-order valence-corrected chi connectivity index (χ2v) is 6.34. The highest BCUT2D eigenvalue weighted by Gasteiger charge is 2.32. The second kappa shape index (κ2) is 6.59. The van der Waals surface area contributed by atoms with E-state index in [2.05, 4.69) is 9.98 Å². The molecule has 0 amide bonds. The van der Waals surface area contributed by atoms with Crippen LogP contribution in [0.2, 0.25) is 0 Å². The van der Waals surface area contributed by atoms with Crippen LogP contribution in [-0.2, 0) is 0 Å². The average molecular weight is 336 g/mol. The lowest BCUT2D eigenvalue weighted by molar-refractivity contribution is 0.616. The average Bonchev–Trinajstić information content (AvgIpc) is 2.98. The first kappa shape index (κ1) is 17.0. The molecule has 0 aromatic heterocycles. The van der Waals surface area contributed by atoms with Crippen molar-refractivity contribution >= 4 is 23.0 Å². The van der Waals surface area contributed by atoms with E-state index in [9.17, 15) is 4.39 Å². The van der Waals surface area contributed by atoms with Crippen LogP contribution in [0.3, 0.4) is 0 Å². The van der Waals surface area contributed by atoms with E-state index in [4.69, 9.17) is 5.41 Å². The van der Waals surface area contributed by atoms with Gasteiger partial charge in [-0.25, -0.2) is 14.4 Å². The summed E-state index contributed by atoms with van der Waals surface area (Å²) in [5, 5.41) is 8.63. The number of nitrogens with one attached hydrogen (secondary N) is 1. The number of fused-ring (bicyclic) bond motifs is 1. The van der Waals surface area contributed by atoms with Gasteiger partial charge in [0.15, 0.2) is 0 Å². The third-order valence-electron chi connectivity index (χ3n) is 4.17. The Balaban J connectivity index is 2.24. The fourth-order valence-corrected chi connectivity index (χ4v) is 2.87. The zero-order valence-electron chi connectivity index (χ0n) is 14.9. The van der Waals surface area contributed by atoms with Gasteiger partial charge in [0, 0.05) is 31.7 Å². The van der Waals surface area contributed by atoms with Crippen molar-refractivity contribution in [2.75, 3.05) is 14.1 Å². The van der Waals surface area contributed by atoms with Crippen molar-refractivity contribution in [3.63, 3.8) is 0 Å². The van der Waals surface area contributed by atoms with Crippen LogP contribution in [0.25, 0.3) is 5.57 Å². The van der Waals surface area contributed by atoms with Crippen molar-refractivity contribution in [1.29, 1.82) is 5.41 Å². The fourth-order valence-electron chi connectivity index (χ4n) is 2.87. The molecule has 1 aromatic carbocycles. The molecule has 128 valence electrons. The Bertz CT molecular complexity index is 898. The molecule has 0 atom stereocenters. The summed E-state index contributed by atoms with van der Waals surface area (Å²) in [6.07, 6.45) is 6.21. The highest BCUT2D eigenvalue weighted by atomic mass is 19.1. The molecule has 0 unspecified atom stereocenters. The summed E-state index contributed by atoms with van der Waals surface area (Å²) >= 11 is 0. The van der Waals surface area contributed by atoms with Crippen molar-refractivity contribution in [2.45, 2.75) is 20.3 Å². The molecule has 0 saturated heterocycles. The maximum atomic E-state index is 14.6. The number of aliphatic imine (C=N–C) groups is 2. The molecule has 2 aliphatic rings. The van der Waals surface area contributed by atoms with Gasteiger partial charge in [0.05, 0.1) is 17.1 Å². The van der Waals surface area contributed by atoms with Crippen LogP contribution in [-0.4, -0.2) is 36.4 Å². The van der Waals surface area contributed by atoms with Gasteiger partial charge in [0.2, 0.25) is 5.96 Å². The smallest absolute Gasteiger partial charge is 0.225 e. The van der Waals surface area contributed by atoms with Crippen molar-refractivity contribution in [2.24, 2.45) is 9.98 Å². The van der Waals surface area contributed by atoms with Crippen LogP contribution < -0.4 is 0 Å². The van der Waals surface area contributed by atoms with Crippen LogP contribution in [0.15, 0.2) is 57.7 Å². The van der Waals surface area contributed by atoms with E-state index in [1.54, 1.807) is 6.07 Å². The molecule has 0 spiro atoms. The van der Waals surface area contributed by atoms with Gasteiger partial charge in [0.1, 0.15) is 5.82 Å². The molecule has 0 bridgehead atoms. The Labute approximate surface area is 147 Å². The lowest BCUT2D eigenvalue weighted by Crippen LogP contribution is -2.20. The summed E-state index contributed by atoms with van der Waals surface area (Å²) in [6, 6.07) is 5.06. The maximum Gasteiger partial charge on any atom is 0.225 e. The molecule has 3 rings (SSSR count). The predicted molar refractivity (Wildman–Crippen MR) is 102 cm³/mol. The Morgan fingerprint density at radius 1 is 1.24 bits per heavy atom. The van der Waals surface area contributed by atoms with Crippen molar-refractivity contribution < 1.29 is 4.39 Å². The van der Waals surface area contributed by atoms with Gasteiger partial charge < -0.3 is 4.90 Å². The van der Waals surface area contributed by atoms with Gasteiger partial charge in [-0.15, -0.1) is 0 Å². The summed E-state index contributed by atoms with van der Waals surface area (Å²) in [6.45, 7) is 3.77. The van der Waals surface area contributed by atoms with Gasteiger partial charge in [-0.3, -0.25) is 5.41 Å². The number of guanidine groups is 1. The van der Waals surface area contributed by atoms with E-state index >= 15 is 0 Å². The highest BCUT2D eigenvalue weighted by molar-refractivity contribution is 6.40. The first-order valence-electron chi connectivity index (χ1n) is 8.18. The van der Waals surface area contributed by atoms with Crippen LogP contribution in [0.1, 0.15) is 24.5 Å².